The summed E-state index contributed by atoms with van der Waals surface area (Å²) in [6, 6.07) is 8.71. The highest BCUT2D eigenvalue weighted by atomic mass is 19.4. The zero-order valence-electron chi connectivity index (χ0n) is 15.6. The second kappa shape index (κ2) is 7.55. The second-order valence-electron chi connectivity index (χ2n) is 7.35. The van der Waals surface area contributed by atoms with Crippen molar-refractivity contribution in [1.82, 2.24) is 0 Å². The Morgan fingerprint density at radius 2 is 1.03 bits per heavy atom. The zero-order valence-corrected chi connectivity index (χ0v) is 15.6. The third kappa shape index (κ3) is 3.93. The van der Waals surface area contributed by atoms with Crippen molar-refractivity contribution in [1.29, 1.82) is 0 Å². The van der Waals surface area contributed by atoms with E-state index in [0.717, 1.165) is 50.7 Å². The molecule has 0 N–H and O–H groups in total. The van der Waals surface area contributed by atoms with Crippen LogP contribution in [-0.4, -0.2) is 51.0 Å². The van der Waals surface area contributed by atoms with Gasteiger partial charge in [-0.05, 0) is 22.3 Å². The summed E-state index contributed by atoms with van der Waals surface area (Å²) in [6.45, 7) is 3.26. The van der Waals surface area contributed by atoms with Crippen molar-refractivity contribution in [3.63, 3.8) is 0 Å². The molecule has 2 unspecified atom stereocenters. The van der Waals surface area contributed by atoms with Gasteiger partial charge in [0.15, 0.2) is 0 Å². The van der Waals surface area contributed by atoms with E-state index in [1.54, 1.807) is 0 Å². The molecule has 0 aromatic heterocycles. The van der Waals surface area contributed by atoms with Crippen LogP contribution in [0.1, 0.15) is 11.1 Å². The Balaban J connectivity index is 0.000000200. The van der Waals surface area contributed by atoms with Gasteiger partial charge in [-0.2, -0.15) is 26.3 Å². The number of halogens is 6. The van der Waals surface area contributed by atoms with Crippen LogP contribution in [0.3, 0.4) is 0 Å². The molecule has 2 heterocycles. The number of hydrogen-bond donors (Lipinski definition) is 0. The Bertz CT molecular complexity index is 792. The van der Waals surface area contributed by atoms with Gasteiger partial charge in [-0.1, -0.05) is 48.5 Å². The normalized spacial score (nSPS) is 23.1. The molecule has 2 aliphatic heterocycles. The Hall–Kier alpha value is -2.10. The van der Waals surface area contributed by atoms with Gasteiger partial charge < -0.3 is 14.2 Å². The van der Waals surface area contributed by atoms with Gasteiger partial charge in [0.2, 0.25) is 5.41 Å². The van der Waals surface area contributed by atoms with E-state index in [4.69, 9.17) is 14.2 Å². The molecule has 6 aliphatic rings. The highest BCUT2D eigenvalue weighted by Gasteiger charge is 2.72. The molecule has 2 aromatic carbocycles. The van der Waals surface area contributed by atoms with E-state index in [1.807, 2.05) is 0 Å². The van der Waals surface area contributed by atoms with E-state index in [-0.39, 0.29) is 0 Å². The minimum Gasteiger partial charge on any atom is -0.376 e. The topological polar surface area (TPSA) is 34.3 Å². The second-order valence-corrected chi connectivity index (χ2v) is 7.35. The number of epoxide rings is 2. The first-order valence-corrected chi connectivity index (χ1v) is 9.29. The van der Waals surface area contributed by atoms with E-state index in [2.05, 4.69) is 0 Å². The van der Waals surface area contributed by atoms with E-state index < -0.39 is 28.9 Å². The Morgan fingerprint density at radius 1 is 0.700 bits per heavy atom. The van der Waals surface area contributed by atoms with Crippen molar-refractivity contribution in [2.45, 2.75) is 30.0 Å². The number of hydrogen-bond acceptors (Lipinski definition) is 3. The van der Waals surface area contributed by atoms with Crippen molar-refractivity contribution >= 4 is 0 Å². The van der Waals surface area contributed by atoms with Gasteiger partial charge >= 0.3 is 12.4 Å². The lowest BCUT2D eigenvalue weighted by Crippen LogP contribution is -2.54. The van der Waals surface area contributed by atoms with Crippen molar-refractivity contribution in [2.75, 3.05) is 26.4 Å². The SMILES string of the molecule is C(OCC1CO1)C1CO1.FC(F)(F)C1(C(F)(F)F)c2ccc(cc2)-c2ccc1cc2. The van der Waals surface area contributed by atoms with Crippen LogP contribution in [0.2, 0.25) is 0 Å². The molecular weight excluding hydrogens is 414 g/mol. The smallest absolute Gasteiger partial charge is 0.376 e. The van der Waals surface area contributed by atoms with E-state index >= 15 is 0 Å². The van der Waals surface area contributed by atoms with Crippen molar-refractivity contribution in [2.24, 2.45) is 0 Å². The number of rotatable bonds is 4. The van der Waals surface area contributed by atoms with Crippen LogP contribution in [-0.2, 0) is 19.6 Å². The summed E-state index contributed by atoms with van der Waals surface area (Å²) in [7, 11) is 0. The lowest BCUT2D eigenvalue weighted by molar-refractivity contribution is -0.288. The summed E-state index contributed by atoms with van der Waals surface area (Å²) in [5.74, 6) is 0. The molecule has 2 atom stereocenters. The molecule has 30 heavy (non-hydrogen) atoms. The molecule has 2 saturated heterocycles. The predicted octanol–water partition coefficient (Wildman–Crippen LogP) is 4.88. The van der Waals surface area contributed by atoms with Gasteiger partial charge in [0.25, 0.3) is 0 Å². The van der Waals surface area contributed by atoms with Gasteiger partial charge in [-0.15, -0.1) is 0 Å². The maximum Gasteiger partial charge on any atom is 0.411 e. The van der Waals surface area contributed by atoms with Crippen LogP contribution in [0.15, 0.2) is 48.5 Å². The van der Waals surface area contributed by atoms with Crippen LogP contribution in [0.5, 0.6) is 0 Å². The van der Waals surface area contributed by atoms with Gasteiger partial charge in [0, 0.05) is 0 Å². The Labute approximate surface area is 168 Å². The van der Waals surface area contributed by atoms with E-state index in [1.165, 1.54) is 24.3 Å². The summed E-state index contributed by atoms with van der Waals surface area (Å²) in [6.07, 6.45) is -10.2. The molecule has 3 nitrogen and oxygen atoms in total. The van der Waals surface area contributed by atoms with E-state index in [0.29, 0.717) is 23.3 Å². The Kier molecular flexibility index (Phi) is 5.32. The first kappa shape index (κ1) is 21.1. The summed E-state index contributed by atoms with van der Waals surface area (Å²) < 4.78 is 96.3. The fourth-order valence-electron chi connectivity index (χ4n) is 3.47. The summed E-state index contributed by atoms with van der Waals surface area (Å²) >= 11 is 0. The molecule has 4 aliphatic carbocycles. The molecule has 4 bridgehead atoms. The zero-order chi connectivity index (χ0) is 21.6. The predicted molar refractivity (Wildman–Crippen MR) is 95.1 cm³/mol. The highest BCUT2D eigenvalue weighted by molar-refractivity contribution is 5.67. The fourth-order valence-corrected chi connectivity index (χ4v) is 3.47. The average molecular weight is 432 g/mol. The lowest BCUT2D eigenvalue weighted by atomic mass is 9.73. The maximum atomic E-state index is 13.5. The van der Waals surface area contributed by atoms with Crippen LogP contribution in [0.25, 0.3) is 11.1 Å². The number of ether oxygens (including phenoxy) is 3. The first-order chi connectivity index (χ1) is 14.1. The summed E-state index contributed by atoms with van der Waals surface area (Å²) in [5, 5.41) is 0. The Morgan fingerprint density at radius 3 is 1.30 bits per heavy atom. The molecule has 162 valence electrons. The number of alkyl halides is 6. The standard InChI is InChI=1S/C15H8F6.C6H10O3/c16-14(17,18)13(15(19,20)21)11-5-1-9(2-6-11)10-3-7-12(13)8-4-10;1(5-3-8-5)7-2-6-4-9-6/h1-8H;5-6H,1-4H2. The largest absolute Gasteiger partial charge is 0.411 e. The fraction of sp³-hybridized carbons (Fsp3) is 0.429. The summed E-state index contributed by atoms with van der Waals surface area (Å²) in [4.78, 5) is 0. The van der Waals surface area contributed by atoms with Crippen LogP contribution >= 0.6 is 0 Å². The van der Waals surface area contributed by atoms with Crippen LogP contribution in [0, 0.1) is 0 Å². The van der Waals surface area contributed by atoms with Gasteiger partial charge in [0.1, 0.15) is 12.2 Å². The molecule has 0 spiro atoms. The molecule has 8 rings (SSSR count). The van der Waals surface area contributed by atoms with E-state index in [9.17, 15) is 26.3 Å². The summed E-state index contributed by atoms with van der Waals surface area (Å²) in [5.41, 5.74) is -4.50. The first-order valence-electron chi connectivity index (χ1n) is 9.29. The third-order valence-corrected chi connectivity index (χ3v) is 5.23. The molecule has 0 amide bonds. The van der Waals surface area contributed by atoms with Gasteiger partial charge in [-0.25, -0.2) is 0 Å². The van der Waals surface area contributed by atoms with Crippen LogP contribution in [0.4, 0.5) is 26.3 Å². The lowest BCUT2D eigenvalue weighted by Gasteiger charge is -2.38. The maximum absolute atomic E-state index is 13.5. The van der Waals surface area contributed by atoms with Gasteiger partial charge in [-0.3, -0.25) is 0 Å². The van der Waals surface area contributed by atoms with Crippen molar-refractivity contribution in [3.8, 4) is 11.1 Å². The molecule has 0 saturated carbocycles. The quantitative estimate of drug-likeness (QED) is 0.510. The minimum atomic E-state index is -5.50. The third-order valence-electron chi connectivity index (χ3n) is 5.23. The van der Waals surface area contributed by atoms with Crippen molar-refractivity contribution < 1.29 is 40.6 Å². The molecule has 9 heteroatoms. The minimum absolute atomic E-state index is 0.392. The van der Waals surface area contributed by atoms with Gasteiger partial charge in [0.05, 0.1) is 26.4 Å². The average Bonchev–Trinajstić information content (AvgIpc) is 3.59. The monoisotopic (exact) mass is 432 g/mol. The molecule has 2 aromatic rings. The molecule has 2 fully saturated rings. The number of benzene rings is 2. The molecule has 0 radical (unpaired) electrons. The highest BCUT2D eigenvalue weighted by Crippen LogP contribution is 2.56. The van der Waals surface area contributed by atoms with Crippen molar-refractivity contribution in [3.05, 3.63) is 59.7 Å². The van der Waals surface area contributed by atoms with Crippen LogP contribution < -0.4 is 0 Å². The molecular formula is C21H18F6O3.